The van der Waals surface area contributed by atoms with E-state index in [9.17, 15) is 22.4 Å². The molecule has 0 spiro atoms. The van der Waals surface area contributed by atoms with Crippen molar-refractivity contribution >= 4 is 5.91 Å². The first-order valence-electron chi connectivity index (χ1n) is 7.04. The smallest absolute Gasteiger partial charge is 0.351 e. The molecule has 0 aliphatic heterocycles. The lowest BCUT2D eigenvalue weighted by molar-refractivity contribution is -0.143. The molecular formula is C15H16F4N4O. The summed E-state index contributed by atoms with van der Waals surface area (Å²) in [5.74, 6) is -1.58. The average molecular weight is 344 g/mol. The predicted octanol–water partition coefficient (Wildman–Crippen LogP) is 2.32. The molecule has 0 saturated heterocycles. The highest BCUT2D eigenvalue weighted by Crippen LogP contribution is 2.33. The Morgan fingerprint density at radius 1 is 1.33 bits per heavy atom. The number of nitrogens with zero attached hydrogens (tertiary/aromatic N) is 3. The van der Waals surface area contributed by atoms with Crippen molar-refractivity contribution in [2.75, 3.05) is 27.2 Å². The van der Waals surface area contributed by atoms with Gasteiger partial charge in [-0.3, -0.25) is 4.79 Å². The van der Waals surface area contributed by atoms with Gasteiger partial charge in [-0.25, -0.2) is 9.07 Å². The molecule has 9 heteroatoms. The van der Waals surface area contributed by atoms with Crippen molar-refractivity contribution in [1.29, 1.82) is 0 Å². The summed E-state index contributed by atoms with van der Waals surface area (Å²) in [6.07, 6.45) is -3.99. The molecule has 5 nitrogen and oxygen atoms in total. The summed E-state index contributed by atoms with van der Waals surface area (Å²) in [6.45, 7) is 0.666. The van der Waals surface area contributed by atoms with Gasteiger partial charge in [-0.1, -0.05) is 6.07 Å². The third-order valence-corrected chi connectivity index (χ3v) is 3.18. The number of hydrogen-bond donors (Lipinski definition) is 1. The van der Waals surface area contributed by atoms with Gasteiger partial charge in [0.2, 0.25) is 0 Å². The van der Waals surface area contributed by atoms with Gasteiger partial charge in [0.1, 0.15) is 5.82 Å². The molecule has 0 unspecified atom stereocenters. The number of amides is 1. The minimum absolute atomic E-state index is 0.116. The van der Waals surface area contributed by atoms with Crippen LogP contribution in [-0.4, -0.2) is 47.8 Å². The van der Waals surface area contributed by atoms with E-state index in [0.29, 0.717) is 11.2 Å². The summed E-state index contributed by atoms with van der Waals surface area (Å²) in [5, 5.41) is 6.03. The largest absolute Gasteiger partial charge is 0.434 e. The lowest BCUT2D eigenvalue weighted by Gasteiger charge is -2.14. The molecule has 2 aromatic rings. The maximum absolute atomic E-state index is 13.4. The lowest BCUT2D eigenvalue weighted by atomic mass is 10.2. The Morgan fingerprint density at radius 2 is 2.04 bits per heavy atom. The van der Waals surface area contributed by atoms with Crippen molar-refractivity contribution < 1.29 is 22.4 Å². The first kappa shape index (κ1) is 17.9. The molecule has 0 fully saturated rings. The van der Waals surface area contributed by atoms with Gasteiger partial charge in [-0.2, -0.15) is 18.3 Å². The van der Waals surface area contributed by atoms with E-state index in [4.69, 9.17) is 0 Å². The normalized spacial score (nSPS) is 11.8. The summed E-state index contributed by atoms with van der Waals surface area (Å²) < 4.78 is 54.0. The minimum Gasteiger partial charge on any atom is -0.351 e. The Bertz CT molecular complexity index is 725. The van der Waals surface area contributed by atoms with Crippen LogP contribution in [-0.2, 0) is 6.18 Å². The third kappa shape index (κ3) is 4.10. The highest BCUT2D eigenvalue weighted by molar-refractivity contribution is 5.95. The second kappa shape index (κ2) is 7.00. The summed E-state index contributed by atoms with van der Waals surface area (Å²) in [4.78, 5) is 13.8. The third-order valence-electron chi connectivity index (χ3n) is 3.18. The maximum Gasteiger partial charge on any atom is 0.434 e. The van der Waals surface area contributed by atoms with E-state index < -0.39 is 29.2 Å². The van der Waals surface area contributed by atoms with Gasteiger partial charge in [-0.05, 0) is 32.3 Å². The molecule has 0 aliphatic rings. The van der Waals surface area contributed by atoms with Crippen molar-refractivity contribution in [3.05, 3.63) is 47.5 Å². The second-order valence-electron chi connectivity index (χ2n) is 5.36. The zero-order chi connectivity index (χ0) is 17.9. The SMILES string of the molecule is CN(C)CCNC(=O)c1cnn(-c2cccc(F)c2)c1C(F)(F)F. The van der Waals surface area contributed by atoms with Crippen molar-refractivity contribution in [1.82, 2.24) is 20.0 Å². The number of likely N-dealkylation sites (N-methyl/N-ethyl adjacent to an activating group) is 1. The van der Waals surface area contributed by atoms with Gasteiger partial charge in [0.25, 0.3) is 5.91 Å². The number of halogens is 4. The van der Waals surface area contributed by atoms with Crippen LogP contribution < -0.4 is 5.32 Å². The fourth-order valence-electron chi connectivity index (χ4n) is 2.08. The Morgan fingerprint density at radius 3 is 2.62 bits per heavy atom. The lowest BCUT2D eigenvalue weighted by Crippen LogP contribution is -2.32. The standard InChI is InChI=1S/C15H16F4N4O/c1-22(2)7-6-20-14(24)12-9-21-23(13(12)15(17,18)19)11-5-3-4-10(16)8-11/h3-5,8-9H,6-7H2,1-2H3,(H,20,24). The number of benzene rings is 1. The quantitative estimate of drug-likeness (QED) is 0.847. The van der Waals surface area contributed by atoms with Crippen molar-refractivity contribution in [3.63, 3.8) is 0 Å². The molecule has 1 aromatic carbocycles. The zero-order valence-electron chi connectivity index (χ0n) is 13.1. The van der Waals surface area contributed by atoms with E-state index >= 15 is 0 Å². The highest BCUT2D eigenvalue weighted by Gasteiger charge is 2.40. The second-order valence-corrected chi connectivity index (χ2v) is 5.36. The Balaban J connectivity index is 2.38. The summed E-state index contributed by atoms with van der Waals surface area (Å²) >= 11 is 0. The number of carbonyl (C=O) groups excluding carboxylic acids is 1. The molecule has 1 heterocycles. The van der Waals surface area contributed by atoms with E-state index in [1.807, 2.05) is 0 Å². The van der Waals surface area contributed by atoms with Gasteiger partial charge in [0, 0.05) is 13.1 Å². The van der Waals surface area contributed by atoms with E-state index in [0.717, 1.165) is 18.3 Å². The molecule has 2 rings (SSSR count). The minimum atomic E-state index is -4.82. The number of carbonyl (C=O) groups is 1. The number of alkyl halides is 3. The number of hydrogen-bond acceptors (Lipinski definition) is 3. The predicted molar refractivity (Wildman–Crippen MR) is 79.4 cm³/mol. The van der Waals surface area contributed by atoms with Crippen LogP contribution in [0.5, 0.6) is 0 Å². The molecule has 0 saturated carbocycles. The first-order valence-corrected chi connectivity index (χ1v) is 7.04. The highest BCUT2D eigenvalue weighted by atomic mass is 19.4. The van der Waals surface area contributed by atoms with Crippen LogP contribution in [0.4, 0.5) is 17.6 Å². The topological polar surface area (TPSA) is 50.2 Å². The van der Waals surface area contributed by atoms with Gasteiger partial charge in [-0.15, -0.1) is 0 Å². The summed E-state index contributed by atoms with van der Waals surface area (Å²) in [5.41, 5.74) is -1.96. The molecule has 1 aromatic heterocycles. The number of aromatic nitrogens is 2. The molecule has 1 amide bonds. The number of rotatable bonds is 5. The van der Waals surface area contributed by atoms with Crippen LogP contribution in [0.15, 0.2) is 30.5 Å². The first-order chi connectivity index (χ1) is 11.2. The van der Waals surface area contributed by atoms with E-state index in [2.05, 4.69) is 10.4 Å². The number of nitrogens with one attached hydrogen (secondary N) is 1. The molecule has 24 heavy (non-hydrogen) atoms. The summed E-state index contributed by atoms with van der Waals surface area (Å²) in [7, 11) is 3.55. The Labute approximate surface area is 135 Å². The molecule has 1 N–H and O–H groups in total. The van der Waals surface area contributed by atoms with Crippen LogP contribution in [0, 0.1) is 5.82 Å². The van der Waals surface area contributed by atoms with Crippen LogP contribution >= 0.6 is 0 Å². The van der Waals surface area contributed by atoms with E-state index in [-0.39, 0.29) is 12.2 Å². The van der Waals surface area contributed by atoms with Crippen molar-refractivity contribution in [3.8, 4) is 5.69 Å². The van der Waals surface area contributed by atoms with Crippen LogP contribution in [0.25, 0.3) is 5.69 Å². The van der Waals surface area contributed by atoms with Crippen LogP contribution in [0.1, 0.15) is 16.1 Å². The monoisotopic (exact) mass is 344 g/mol. The summed E-state index contributed by atoms with van der Waals surface area (Å²) in [6, 6.07) is 4.56. The fraction of sp³-hybridized carbons (Fsp3) is 0.333. The molecule has 0 atom stereocenters. The van der Waals surface area contributed by atoms with E-state index in [1.165, 1.54) is 12.1 Å². The van der Waals surface area contributed by atoms with Crippen molar-refractivity contribution in [2.24, 2.45) is 0 Å². The molecule has 130 valence electrons. The fourth-order valence-corrected chi connectivity index (χ4v) is 2.08. The average Bonchev–Trinajstić information content (AvgIpc) is 2.91. The van der Waals surface area contributed by atoms with Gasteiger partial charge >= 0.3 is 6.18 Å². The van der Waals surface area contributed by atoms with E-state index in [1.54, 1.807) is 19.0 Å². The Hall–Kier alpha value is -2.42. The maximum atomic E-state index is 13.4. The van der Waals surface area contributed by atoms with Crippen LogP contribution in [0.2, 0.25) is 0 Å². The zero-order valence-corrected chi connectivity index (χ0v) is 13.1. The van der Waals surface area contributed by atoms with Gasteiger partial charge in [0.15, 0.2) is 5.69 Å². The molecular weight excluding hydrogens is 328 g/mol. The van der Waals surface area contributed by atoms with Crippen molar-refractivity contribution in [2.45, 2.75) is 6.18 Å². The Kier molecular flexibility index (Phi) is 5.23. The molecule has 0 bridgehead atoms. The van der Waals surface area contributed by atoms with Crippen LogP contribution in [0.3, 0.4) is 0 Å². The van der Waals surface area contributed by atoms with Gasteiger partial charge in [0.05, 0.1) is 17.4 Å². The molecule has 0 radical (unpaired) electrons. The molecule has 0 aliphatic carbocycles. The van der Waals surface area contributed by atoms with Gasteiger partial charge < -0.3 is 10.2 Å².